The minimum Gasteiger partial charge on any atom is -0.484 e. The largest absolute Gasteiger partial charge is 0.484 e. The SMILES string of the molecule is Cc1ccc(OCC(=O)N2CCN(C(=O)[C@H]3NCCO[C@@H]3C)CC2)cc1.Cl. The van der Waals surface area contributed by atoms with Gasteiger partial charge in [-0.15, -0.1) is 12.4 Å². The summed E-state index contributed by atoms with van der Waals surface area (Å²) in [6.45, 7) is 7.41. The molecule has 0 bridgehead atoms. The van der Waals surface area contributed by atoms with Gasteiger partial charge < -0.3 is 24.6 Å². The van der Waals surface area contributed by atoms with Gasteiger partial charge in [0.15, 0.2) is 6.61 Å². The predicted octanol–water partition coefficient (Wildman–Crippen LogP) is 0.843. The van der Waals surface area contributed by atoms with Crippen LogP contribution in [-0.2, 0) is 14.3 Å². The Hall–Kier alpha value is -1.83. The third-order valence-electron chi connectivity index (χ3n) is 4.91. The zero-order valence-electron chi connectivity index (χ0n) is 15.8. The van der Waals surface area contributed by atoms with Crippen LogP contribution in [0, 0.1) is 6.92 Å². The van der Waals surface area contributed by atoms with Gasteiger partial charge in [-0.1, -0.05) is 17.7 Å². The van der Waals surface area contributed by atoms with Crippen molar-refractivity contribution < 1.29 is 19.1 Å². The molecule has 0 unspecified atom stereocenters. The zero-order valence-corrected chi connectivity index (χ0v) is 16.7. The van der Waals surface area contributed by atoms with E-state index in [4.69, 9.17) is 9.47 Å². The molecule has 2 aliphatic rings. The number of amides is 2. The number of piperazine rings is 1. The molecule has 0 aliphatic carbocycles. The van der Waals surface area contributed by atoms with Crippen LogP contribution in [0.4, 0.5) is 0 Å². The number of hydrogen-bond acceptors (Lipinski definition) is 5. The van der Waals surface area contributed by atoms with Crippen molar-refractivity contribution in [3.05, 3.63) is 29.8 Å². The molecule has 2 atom stereocenters. The quantitative estimate of drug-likeness (QED) is 0.815. The Morgan fingerprint density at radius 2 is 1.78 bits per heavy atom. The van der Waals surface area contributed by atoms with Crippen molar-refractivity contribution >= 4 is 24.2 Å². The topological polar surface area (TPSA) is 71.1 Å². The van der Waals surface area contributed by atoms with E-state index >= 15 is 0 Å². The van der Waals surface area contributed by atoms with Gasteiger partial charge in [-0.05, 0) is 26.0 Å². The second-order valence-electron chi connectivity index (χ2n) is 6.82. The van der Waals surface area contributed by atoms with Gasteiger partial charge in [0.2, 0.25) is 5.91 Å². The molecule has 0 spiro atoms. The fourth-order valence-electron chi connectivity index (χ4n) is 3.25. The number of aryl methyl sites for hydroxylation is 1. The van der Waals surface area contributed by atoms with Crippen molar-refractivity contribution in [2.75, 3.05) is 45.9 Å². The lowest BCUT2D eigenvalue weighted by molar-refractivity contribution is -0.145. The molecule has 1 aromatic rings. The number of morpholine rings is 1. The Morgan fingerprint density at radius 1 is 1.15 bits per heavy atom. The highest BCUT2D eigenvalue weighted by Crippen LogP contribution is 2.13. The van der Waals surface area contributed by atoms with Crippen LogP contribution >= 0.6 is 12.4 Å². The standard InChI is InChI=1S/C19H27N3O4.ClH/c1-14-3-5-16(6-4-14)26-13-17(23)21-8-10-22(11-9-21)19(24)18-15(2)25-12-7-20-18;/h3-6,15,18,20H,7-13H2,1-2H3;1H/t15-,18+;/m1./s1. The molecule has 150 valence electrons. The minimum absolute atomic E-state index is 0. The maximum atomic E-state index is 12.6. The van der Waals surface area contributed by atoms with Crippen LogP contribution in [0.2, 0.25) is 0 Å². The molecule has 2 heterocycles. The highest BCUT2D eigenvalue weighted by atomic mass is 35.5. The van der Waals surface area contributed by atoms with E-state index in [0.717, 1.165) is 5.56 Å². The third kappa shape index (κ3) is 5.57. The number of nitrogens with one attached hydrogen (secondary N) is 1. The van der Waals surface area contributed by atoms with Crippen LogP contribution in [0.25, 0.3) is 0 Å². The number of halogens is 1. The number of carbonyl (C=O) groups is 2. The first-order valence-corrected chi connectivity index (χ1v) is 9.15. The van der Waals surface area contributed by atoms with Crippen LogP contribution in [0.3, 0.4) is 0 Å². The summed E-state index contributed by atoms with van der Waals surface area (Å²) in [5.74, 6) is 0.695. The number of ether oxygens (including phenoxy) is 2. The molecule has 1 N–H and O–H groups in total. The highest BCUT2D eigenvalue weighted by Gasteiger charge is 2.33. The first-order valence-electron chi connectivity index (χ1n) is 9.15. The Kier molecular flexibility index (Phi) is 7.89. The smallest absolute Gasteiger partial charge is 0.260 e. The van der Waals surface area contributed by atoms with Crippen molar-refractivity contribution in [3.8, 4) is 5.75 Å². The number of hydrogen-bond donors (Lipinski definition) is 1. The molecule has 27 heavy (non-hydrogen) atoms. The molecule has 2 saturated heterocycles. The Balaban J connectivity index is 0.00000261. The number of benzene rings is 1. The fraction of sp³-hybridized carbons (Fsp3) is 0.579. The van der Waals surface area contributed by atoms with Crippen LogP contribution in [-0.4, -0.2) is 79.7 Å². The first-order chi connectivity index (χ1) is 12.5. The van der Waals surface area contributed by atoms with Crippen LogP contribution in [0.1, 0.15) is 12.5 Å². The maximum absolute atomic E-state index is 12.6. The second kappa shape index (κ2) is 9.92. The lowest BCUT2D eigenvalue weighted by Gasteiger charge is -2.38. The summed E-state index contributed by atoms with van der Waals surface area (Å²) in [6.07, 6.45) is -0.126. The van der Waals surface area contributed by atoms with Gasteiger partial charge in [-0.3, -0.25) is 9.59 Å². The molecule has 0 saturated carbocycles. The molecule has 8 heteroatoms. The monoisotopic (exact) mass is 397 g/mol. The van der Waals surface area contributed by atoms with Gasteiger partial charge in [-0.25, -0.2) is 0 Å². The highest BCUT2D eigenvalue weighted by molar-refractivity contribution is 5.85. The van der Waals surface area contributed by atoms with Crippen molar-refractivity contribution in [1.82, 2.24) is 15.1 Å². The van der Waals surface area contributed by atoms with E-state index in [9.17, 15) is 9.59 Å². The summed E-state index contributed by atoms with van der Waals surface area (Å²) in [4.78, 5) is 28.5. The van der Waals surface area contributed by atoms with E-state index in [0.29, 0.717) is 45.1 Å². The Labute approximate surface area is 166 Å². The fourth-order valence-corrected chi connectivity index (χ4v) is 3.25. The van der Waals surface area contributed by atoms with Crippen molar-refractivity contribution in [2.45, 2.75) is 26.0 Å². The van der Waals surface area contributed by atoms with Gasteiger partial charge in [0.05, 0.1) is 12.7 Å². The Morgan fingerprint density at radius 3 is 2.41 bits per heavy atom. The van der Waals surface area contributed by atoms with E-state index in [1.807, 2.05) is 43.0 Å². The molecule has 3 rings (SSSR count). The lowest BCUT2D eigenvalue weighted by Crippen LogP contribution is -2.60. The van der Waals surface area contributed by atoms with Crippen molar-refractivity contribution in [1.29, 1.82) is 0 Å². The average molecular weight is 398 g/mol. The summed E-state index contributed by atoms with van der Waals surface area (Å²) in [6, 6.07) is 7.33. The summed E-state index contributed by atoms with van der Waals surface area (Å²) in [5, 5.41) is 3.23. The molecule has 2 fully saturated rings. The zero-order chi connectivity index (χ0) is 18.5. The van der Waals surface area contributed by atoms with E-state index in [1.165, 1.54) is 0 Å². The van der Waals surface area contributed by atoms with E-state index < -0.39 is 0 Å². The van der Waals surface area contributed by atoms with Gasteiger partial charge in [0.25, 0.3) is 5.91 Å². The number of nitrogens with zero attached hydrogens (tertiary/aromatic N) is 2. The molecule has 2 amide bonds. The second-order valence-corrected chi connectivity index (χ2v) is 6.82. The van der Waals surface area contributed by atoms with Crippen LogP contribution in [0.5, 0.6) is 5.75 Å². The molecule has 0 radical (unpaired) electrons. The van der Waals surface area contributed by atoms with Crippen LogP contribution < -0.4 is 10.1 Å². The molecule has 1 aromatic carbocycles. The maximum Gasteiger partial charge on any atom is 0.260 e. The van der Waals surface area contributed by atoms with Crippen molar-refractivity contribution in [3.63, 3.8) is 0 Å². The van der Waals surface area contributed by atoms with E-state index in [1.54, 1.807) is 4.90 Å². The third-order valence-corrected chi connectivity index (χ3v) is 4.91. The molecule has 7 nitrogen and oxygen atoms in total. The van der Waals surface area contributed by atoms with E-state index in [-0.39, 0.29) is 43.0 Å². The van der Waals surface area contributed by atoms with E-state index in [2.05, 4.69) is 5.32 Å². The average Bonchev–Trinajstić information content (AvgIpc) is 2.67. The normalized spacial score (nSPS) is 22.7. The van der Waals surface area contributed by atoms with Crippen LogP contribution in [0.15, 0.2) is 24.3 Å². The molecular formula is C19H28ClN3O4. The van der Waals surface area contributed by atoms with Crippen molar-refractivity contribution in [2.24, 2.45) is 0 Å². The summed E-state index contributed by atoms with van der Waals surface area (Å²) in [7, 11) is 0. The van der Waals surface area contributed by atoms with Gasteiger partial charge in [-0.2, -0.15) is 0 Å². The minimum atomic E-state index is -0.295. The summed E-state index contributed by atoms with van der Waals surface area (Å²) >= 11 is 0. The molecule has 0 aromatic heterocycles. The molecular weight excluding hydrogens is 370 g/mol. The Bertz CT molecular complexity index is 632. The van der Waals surface area contributed by atoms with Gasteiger partial charge in [0.1, 0.15) is 11.8 Å². The predicted molar refractivity (Wildman–Crippen MR) is 104 cm³/mol. The van der Waals surface area contributed by atoms with Gasteiger partial charge >= 0.3 is 0 Å². The van der Waals surface area contributed by atoms with Gasteiger partial charge in [0, 0.05) is 32.7 Å². The molecule has 2 aliphatic heterocycles. The first kappa shape index (κ1) is 21.5. The number of rotatable bonds is 4. The summed E-state index contributed by atoms with van der Waals surface area (Å²) < 4.78 is 11.1. The lowest BCUT2D eigenvalue weighted by atomic mass is 10.1. The summed E-state index contributed by atoms with van der Waals surface area (Å²) in [5.41, 5.74) is 1.15. The number of carbonyl (C=O) groups excluding carboxylic acids is 2.